The van der Waals surface area contributed by atoms with E-state index in [1.165, 1.54) is 7.11 Å². The Morgan fingerprint density at radius 2 is 2.28 bits per heavy atom. The van der Waals surface area contributed by atoms with Crippen molar-refractivity contribution in [1.29, 1.82) is 0 Å². The Bertz CT molecular complexity index is 558. The number of ether oxygens (including phenoxy) is 2. The van der Waals surface area contributed by atoms with Gasteiger partial charge in [0.1, 0.15) is 12.3 Å². The van der Waals surface area contributed by atoms with Crippen molar-refractivity contribution < 1.29 is 14.3 Å². The molecule has 8 heteroatoms. The summed E-state index contributed by atoms with van der Waals surface area (Å²) in [5.41, 5.74) is 6.24. The van der Waals surface area contributed by atoms with Gasteiger partial charge in [0, 0.05) is 0 Å². The molecule has 0 spiro atoms. The molecule has 0 unspecified atom stereocenters. The van der Waals surface area contributed by atoms with E-state index in [0.29, 0.717) is 16.0 Å². The van der Waals surface area contributed by atoms with Crippen LogP contribution in [0.5, 0.6) is 5.19 Å². The van der Waals surface area contributed by atoms with Crippen molar-refractivity contribution in [2.75, 3.05) is 12.8 Å². The van der Waals surface area contributed by atoms with E-state index >= 15 is 0 Å². The van der Waals surface area contributed by atoms with Gasteiger partial charge in [0.15, 0.2) is 0 Å². The summed E-state index contributed by atoms with van der Waals surface area (Å²) in [6, 6.07) is 5.00. The normalized spacial score (nSPS) is 10.1. The average molecular weight is 266 g/mol. The molecule has 0 aromatic carbocycles. The molecule has 0 aliphatic carbocycles. The van der Waals surface area contributed by atoms with Crippen LogP contribution >= 0.6 is 11.3 Å². The first kappa shape index (κ1) is 12.2. The van der Waals surface area contributed by atoms with Crippen LogP contribution in [-0.4, -0.2) is 28.3 Å². The molecule has 0 aliphatic rings. The minimum absolute atomic E-state index is 0.180. The van der Waals surface area contributed by atoms with Crippen LogP contribution in [0.4, 0.5) is 5.13 Å². The number of hydrogen-bond acceptors (Lipinski definition) is 8. The number of nitrogens with two attached hydrogens (primary N) is 1. The zero-order valence-corrected chi connectivity index (χ0v) is 10.3. The molecule has 2 rings (SSSR count). The average Bonchev–Trinajstić information content (AvgIpc) is 2.81. The summed E-state index contributed by atoms with van der Waals surface area (Å²) in [6.07, 6.45) is 0. The maximum atomic E-state index is 11.3. The van der Waals surface area contributed by atoms with E-state index in [1.807, 2.05) is 0 Å². The van der Waals surface area contributed by atoms with Gasteiger partial charge in [-0.1, -0.05) is 11.2 Å². The van der Waals surface area contributed by atoms with Gasteiger partial charge in [-0.25, -0.2) is 9.78 Å². The summed E-state index contributed by atoms with van der Waals surface area (Å²) in [5.74, 6) is -0.489. The SMILES string of the molecule is COC(=O)c1cccc(COc2nnc(N)s2)n1. The molecular formula is C10H10N4O3S. The first-order valence-corrected chi connectivity index (χ1v) is 5.76. The lowest BCUT2D eigenvalue weighted by atomic mass is 10.3. The van der Waals surface area contributed by atoms with Crippen LogP contribution < -0.4 is 10.5 Å². The van der Waals surface area contributed by atoms with E-state index in [1.54, 1.807) is 18.2 Å². The number of pyridine rings is 1. The van der Waals surface area contributed by atoms with Gasteiger partial charge in [0.25, 0.3) is 5.19 Å². The summed E-state index contributed by atoms with van der Waals surface area (Å²) < 4.78 is 9.91. The Hall–Kier alpha value is -2.22. The van der Waals surface area contributed by atoms with Gasteiger partial charge in [-0.3, -0.25) is 0 Å². The minimum atomic E-state index is -0.489. The molecule has 2 aromatic heterocycles. The van der Waals surface area contributed by atoms with Gasteiger partial charge in [-0.15, -0.1) is 5.10 Å². The van der Waals surface area contributed by atoms with Crippen LogP contribution in [0.15, 0.2) is 18.2 Å². The maximum Gasteiger partial charge on any atom is 0.356 e. The van der Waals surface area contributed by atoms with Crippen LogP contribution in [0.2, 0.25) is 0 Å². The quantitative estimate of drug-likeness (QED) is 0.820. The molecule has 0 radical (unpaired) electrons. The number of nitrogens with zero attached hydrogens (tertiary/aromatic N) is 3. The zero-order chi connectivity index (χ0) is 13.0. The van der Waals surface area contributed by atoms with Crippen molar-refractivity contribution >= 4 is 22.4 Å². The number of carbonyl (C=O) groups is 1. The van der Waals surface area contributed by atoms with Crippen molar-refractivity contribution in [2.24, 2.45) is 0 Å². The van der Waals surface area contributed by atoms with Crippen molar-refractivity contribution in [3.63, 3.8) is 0 Å². The summed E-state index contributed by atoms with van der Waals surface area (Å²) in [6.45, 7) is 0.180. The Balaban J connectivity index is 2.03. The van der Waals surface area contributed by atoms with E-state index in [9.17, 15) is 4.79 Å². The summed E-state index contributed by atoms with van der Waals surface area (Å²) in [4.78, 5) is 15.4. The number of aromatic nitrogens is 3. The second kappa shape index (κ2) is 5.41. The predicted octanol–water partition coefficient (Wildman–Crippen LogP) is 0.881. The van der Waals surface area contributed by atoms with E-state index in [-0.39, 0.29) is 12.3 Å². The van der Waals surface area contributed by atoms with Crippen molar-refractivity contribution in [1.82, 2.24) is 15.2 Å². The first-order chi connectivity index (χ1) is 8.69. The number of carbonyl (C=O) groups excluding carboxylic acids is 1. The van der Waals surface area contributed by atoms with Gasteiger partial charge >= 0.3 is 5.97 Å². The topological polar surface area (TPSA) is 100 Å². The molecule has 0 saturated carbocycles. The number of methoxy groups -OCH3 is 1. The fourth-order valence-electron chi connectivity index (χ4n) is 1.19. The second-order valence-corrected chi connectivity index (χ2v) is 4.17. The highest BCUT2D eigenvalue weighted by molar-refractivity contribution is 7.16. The number of nitrogen functional groups attached to an aromatic ring is 1. The molecule has 7 nitrogen and oxygen atoms in total. The van der Waals surface area contributed by atoms with Crippen LogP contribution in [0, 0.1) is 0 Å². The Labute approximate surface area is 107 Å². The fraction of sp³-hybridized carbons (Fsp3) is 0.200. The molecular weight excluding hydrogens is 256 g/mol. The van der Waals surface area contributed by atoms with Gasteiger partial charge in [-0.2, -0.15) is 0 Å². The summed E-state index contributed by atoms with van der Waals surface area (Å²) in [7, 11) is 1.30. The molecule has 0 fully saturated rings. The molecule has 18 heavy (non-hydrogen) atoms. The Morgan fingerprint density at radius 1 is 1.44 bits per heavy atom. The number of hydrogen-bond donors (Lipinski definition) is 1. The number of rotatable bonds is 4. The fourth-order valence-corrected chi connectivity index (χ4v) is 1.65. The lowest BCUT2D eigenvalue weighted by Crippen LogP contribution is -2.07. The molecule has 0 bridgehead atoms. The molecule has 0 atom stereocenters. The molecule has 2 heterocycles. The molecule has 0 aliphatic heterocycles. The Morgan fingerprint density at radius 3 is 2.94 bits per heavy atom. The van der Waals surface area contributed by atoms with Crippen LogP contribution in [-0.2, 0) is 11.3 Å². The highest BCUT2D eigenvalue weighted by atomic mass is 32.1. The second-order valence-electron chi connectivity index (χ2n) is 3.20. The summed E-state index contributed by atoms with van der Waals surface area (Å²) in [5, 5.41) is 8.01. The minimum Gasteiger partial charge on any atom is -0.464 e. The standard InChI is InChI=1S/C10H10N4O3S/c1-16-8(15)7-4-2-3-6(12-7)5-17-10-14-13-9(11)18-10/h2-4H,5H2,1H3,(H2,11,13). The molecule has 0 amide bonds. The van der Waals surface area contributed by atoms with Crippen molar-refractivity contribution in [2.45, 2.75) is 6.61 Å². The maximum absolute atomic E-state index is 11.3. The first-order valence-electron chi connectivity index (χ1n) is 4.95. The van der Waals surface area contributed by atoms with Gasteiger partial charge in [-0.05, 0) is 23.5 Å². The predicted molar refractivity (Wildman–Crippen MR) is 64.2 cm³/mol. The third kappa shape index (κ3) is 2.92. The highest BCUT2D eigenvalue weighted by Crippen LogP contribution is 2.19. The molecule has 2 N–H and O–H groups in total. The third-order valence-electron chi connectivity index (χ3n) is 1.97. The van der Waals surface area contributed by atoms with Crippen molar-refractivity contribution in [3.8, 4) is 5.19 Å². The van der Waals surface area contributed by atoms with E-state index in [2.05, 4.69) is 19.9 Å². The monoisotopic (exact) mass is 266 g/mol. The number of esters is 1. The van der Waals surface area contributed by atoms with E-state index in [4.69, 9.17) is 10.5 Å². The lowest BCUT2D eigenvalue weighted by Gasteiger charge is -2.03. The van der Waals surface area contributed by atoms with Gasteiger partial charge in [0.2, 0.25) is 5.13 Å². The number of anilines is 1. The van der Waals surface area contributed by atoms with Gasteiger partial charge < -0.3 is 15.2 Å². The van der Waals surface area contributed by atoms with Crippen molar-refractivity contribution in [3.05, 3.63) is 29.6 Å². The molecule has 0 saturated heterocycles. The van der Waals surface area contributed by atoms with Crippen LogP contribution in [0.1, 0.15) is 16.2 Å². The van der Waals surface area contributed by atoms with Crippen LogP contribution in [0.3, 0.4) is 0 Å². The lowest BCUT2D eigenvalue weighted by molar-refractivity contribution is 0.0593. The largest absolute Gasteiger partial charge is 0.464 e. The van der Waals surface area contributed by atoms with E-state index < -0.39 is 5.97 Å². The zero-order valence-electron chi connectivity index (χ0n) is 9.49. The summed E-state index contributed by atoms with van der Waals surface area (Å²) >= 11 is 1.14. The van der Waals surface area contributed by atoms with E-state index in [0.717, 1.165) is 11.3 Å². The third-order valence-corrected chi connectivity index (χ3v) is 2.63. The molecule has 2 aromatic rings. The molecule has 94 valence electrons. The van der Waals surface area contributed by atoms with Crippen LogP contribution in [0.25, 0.3) is 0 Å². The highest BCUT2D eigenvalue weighted by Gasteiger charge is 2.08. The Kier molecular flexibility index (Phi) is 3.68. The van der Waals surface area contributed by atoms with Gasteiger partial charge in [0.05, 0.1) is 12.8 Å². The smallest absolute Gasteiger partial charge is 0.356 e.